The van der Waals surface area contributed by atoms with E-state index in [-0.39, 0.29) is 19.0 Å². The molecular weight excluding hydrogens is 356 g/mol. The Balaban J connectivity index is 1.44. The molecule has 1 fully saturated rings. The van der Waals surface area contributed by atoms with Gasteiger partial charge in [0.1, 0.15) is 36.4 Å². The number of carbonyl (C=O) groups is 1. The van der Waals surface area contributed by atoms with Crippen LogP contribution in [0.25, 0.3) is 11.2 Å². The van der Waals surface area contributed by atoms with Gasteiger partial charge in [-0.3, -0.25) is 4.79 Å². The van der Waals surface area contributed by atoms with Crippen LogP contribution in [-0.2, 0) is 11.3 Å². The molecule has 0 radical (unpaired) electrons. The van der Waals surface area contributed by atoms with Crippen LogP contribution < -0.4 is 11.1 Å². The summed E-state index contributed by atoms with van der Waals surface area (Å²) in [6.07, 6.45) is 2.38. The Labute approximate surface area is 152 Å². The molecule has 4 heterocycles. The highest BCUT2D eigenvalue weighted by Crippen LogP contribution is 2.20. The van der Waals surface area contributed by atoms with E-state index in [0.717, 1.165) is 0 Å². The number of nitrogens with zero attached hydrogens (tertiary/aromatic N) is 4. The number of furan rings is 1. The zero-order valence-electron chi connectivity index (χ0n) is 14.1. The molecule has 0 bridgehead atoms. The number of hydrogen-bond donors (Lipinski definition) is 4. The number of fused-ring (bicyclic) bond motifs is 1. The van der Waals surface area contributed by atoms with E-state index in [0.29, 0.717) is 16.7 Å². The molecule has 0 spiro atoms. The van der Waals surface area contributed by atoms with Gasteiger partial charge in [-0.05, 0) is 6.07 Å². The summed E-state index contributed by atoms with van der Waals surface area (Å²) >= 11 is 0. The first kappa shape index (κ1) is 17.4. The van der Waals surface area contributed by atoms with Gasteiger partial charge in [-0.15, -0.1) is 0 Å². The molecule has 0 saturated carbocycles. The molecule has 1 aliphatic rings. The lowest BCUT2D eigenvalue weighted by Gasteiger charge is -2.38. The van der Waals surface area contributed by atoms with Gasteiger partial charge in [0, 0.05) is 0 Å². The Morgan fingerprint density at radius 3 is 2.96 bits per heavy atom. The van der Waals surface area contributed by atoms with Crippen LogP contribution >= 0.6 is 0 Å². The fourth-order valence-electron chi connectivity index (χ4n) is 3.04. The maximum absolute atomic E-state index is 12.1. The minimum atomic E-state index is -1.22. The molecule has 1 amide bonds. The van der Waals surface area contributed by atoms with Crippen LogP contribution in [0.5, 0.6) is 0 Å². The number of nitrogens with one attached hydrogen (secondary N) is 1. The quantitative estimate of drug-likeness (QED) is 0.445. The van der Waals surface area contributed by atoms with E-state index in [1.165, 1.54) is 31.2 Å². The molecular formula is C16H18N6O5. The Kier molecular flexibility index (Phi) is 4.48. The molecule has 4 atom stereocenters. The van der Waals surface area contributed by atoms with Gasteiger partial charge < -0.3 is 35.0 Å². The van der Waals surface area contributed by atoms with Crippen LogP contribution in [0.3, 0.4) is 0 Å². The highest BCUT2D eigenvalue weighted by atomic mass is 16.5. The number of imidazole rings is 1. The number of anilines is 1. The van der Waals surface area contributed by atoms with Crippen LogP contribution in [-0.4, -0.2) is 66.6 Å². The molecule has 1 saturated heterocycles. The second-order valence-corrected chi connectivity index (χ2v) is 6.27. The molecule has 0 unspecified atom stereocenters. The fourth-order valence-corrected chi connectivity index (χ4v) is 3.04. The lowest BCUT2D eigenvalue weighted by molar-refractivity contribution is -0.152. The van der Waals surface area contributed by atoms with E-state index in [1.54, 1.807) is 4.57 Å². The molecule has 0 aromatic carbocycles. The van der Waals surface area contributed by atoms with Gasteiger partial charge in [-0.1, -0.05) is 0 Å². The second kappa shape index (κ2) is 6.95. The molecule has 3 aromatic heterocycles. The molecule has 5 N–H and O–H groups in total. The number of nitrogen functional groups attached to an aromatic ring is 1. The number of amides is 1. The molecule has 27 heavy (non-hydrogen) atoms. The molecule has 11 nitrogen and oxygen atoms in total. The number of ether oxygens (including phenoxy) is 1. The maximum atomic E-state index is 12.1. The number of carbonyl (C=O) groups excluding carboxylic acids is 1. The normalized spacial score (nSPS) is 25.6. The summed E-state index contributed by atoms with van der Waals surface area (Å²) in [5.74, 6) is -0.166. The number of aromatic nitrogens is 4. The minimum Gasteiger partial charge on any atom is -0.472 e. The van der Waals surface area contributed by atoms with Crippen LogP contribution in [0.4, 0.5) is 5.82 Å². The fraction of sp³-hybridized carbons (Fsp3) is 0.375. The van der Waals surface area contributed by atoms with Crippen LogP contribution in [0, 0.1) is 0 Å². The lowest BCUT2D eigenvalue weighted by atomic mass is 9.97. The van der Waals surface area contributed by atoms with Crippen molar-refractivity contribution in [2.75, 3.05) is 12.3 Å². The number of hydrogen-bond acceptors (Lipinski definition) is 9. The summed E-state index contributed by atoms with van der Waals surface area (Å²) in [6.45, 7) is 0.240. The molecule has 1 aliphatic heterocycles. The monoisotopic (exact) mass is 374 g/mol. The second-order valence-electron chi connectivity index (χ2n) is 6.27. The van der Waals surface area contributed by atoms with Gasteiger partial charge in [0.15, 0.2) is 11.5 Å². The SMILES string of the molecule is Nc1ncnc2c1ncn2C[C@H]1OC[C@@H](NC(=O)c2ccoc2)[C@H](O)[C@@H]1O. The highest BCUT2D eigenvalue weighted by Gasteiger charge is 2.39. The van der Waals surface area contributed by atoms with Gasteiger partial charge in [0.2, 0.25) is 0 Å². The average molecular weight is 374 g/mol. The van der Waals surface area contributed by atoms with Crippen molar-refractivity contribution in [1.29, 1.82) is 0 Å². The van der Waals surface area contributed by atoms with E-state index in [4.69, 9.17) is 14.9 Å². The predicted octanol–water partition coefficient (Wildman–Crippen LogP) is -1.08. The third-order valence-electron chi connectivity index (χ3n) is 4.54. The van der Waals surface area contributed by atoms with E-state index in [1.807, 2.05) is 0 Å². The molecule has 3 aromatic rings. The Hall–Kier alpha value is -3.02. The lowest BCUT2D eigenvalue weighted by Crippen LogP contribution is -2.59. The Bertz CT molecular complexity index is 942. The van der Waals surface area contributed by atoms with E-state index >= 15 is 0 Å². The number of nitrogens with two attached hydrogens (primary N) is 1. The first-order valence-corrected chi connectivity index (χ1v) is 8.26. The number of aliphatic hydroxyl groups excluding tert-OH is 2. The number of rotatable bonds is 4. The third-order valence-corrected chi connectivity index (χ3v) is 4.54. The summed E-state index contributed by atoms with van der Waals surface area (Å²) < 4.78 is 12.2. The predicted molar refractivity (Wildman–Crippen MR) is 91.5 cm³/mol. The Morgan fingerprint density at radius 1 is 1.33 bits per heavy atom. The van der Waals surface area contributed by atoms with Crippen LogP contribution in [0.2, 0.25) is 0 Å². The summed E-state index contributed by atoms with van der Waals surface area (Å²) in [5.41, 5.74) is 7.04. The van der Waals surface area contributed by atoms with Crippen molar-refractivity contribution >= 4 is 22.9 Å². The summed E-state index contributed by atoms with van der Waals surface area (Å²) in [6, 6.07) is 0.749. The summed E-state index contributed by atoms with van der Waals surface area (Å²) in [7, 11) is 0. The van der Waals surface area contributed by atoms with E-state index in [9.17, 15) is 15.0 Å². The first-order chi connectivity index (χ1) is 13.0. The van der Waals surface area contributed by atoms with E-state index < -0.39 is 30.3 Å². The van der Waals surface area contributed by atoms with Crippen molar-refractivity contribution in [1.82, 2.24) is 24.8 Å². The maximum Gasteiger partial charge on any atom is 0.254 e. The molecule has 0 aliphatic carbocycles. The van der Waals surface area contributed by atoms with Crippen molar-refractivity contribution in [3.05, 3.63) is 36.8 Å². The average Bonchev–Trinajstić information content (AvgIpc) is 3.32. The van der Waals surface area contributed by atoms with Crippen molar-refractivity contribution in [3.63, 3.8) is 0 Å². The van der Waals surface area contributed by atoms with Crippen molar-refractivity contribution in [2.24, 2.45) is 0 Å². The minimum absolute atomic E-state index is 0.0379. The molecule has 11 heteroatoms. The van der Waals surface area contributed by atoms with Gasteiger partial charge in [-0.25, -0.2) is 15.0 Å². The topological polar surface area (TPSA) is 162 Å². The van der Waals surface area contributed by atoms with Crippen LogP contribution in [0.1, 0.15) is 10.4 Å². The zero-order chi connectivity index (χ0) is 19.0. The van der Waals surface area contributed by atoms with Crippen molar-refractivity contribution < 1.29 is 24.2 Å². The first-order valence-electron chi connectivity index (χ1n) is 8.26. The smallest absolute Gasteiger partial charge is 0.254 e. The molecule has 4 rings (SSSR count). The van der Waals surface area contributed by atoms with Gasteiger partial charge in [0.25, 0.3) is 5.91 Å². The molecule has 142 valence electrons. The zero-order valence-corrected chi connectivity index (χ0v) is 14.1. The summed E-state index contributed by atoms with van der Waals surface area (Å²) in [4.78, 5) is 24.3. The van der Waals surface area contributed by atoms with Crippen LogP contribution in [0.15, 0.2) is 35.7 Å². The largest absolute Gasteiger partial charge is 0.472 e. The van der Waals surface area contributed by atoms with E-state index in [2.05, 4.69) is 20.3 Å². The third kappa shape index (κ3) is 3.23. The highest BCUT2D eigenvalue weighted by molar-refractivity contribution is 5.94. The van der Waals surface area contributed by atoms with Gasteiger partial charge in [-0.2, -0.15) is 0 Å². The number of aliphatic hydroxyl groups is 2. The van der Waals surface area contributed by atoms with Crippen molar-refractivity contribution in [3.8, 4) is 0 Å². The van der Waals surface area contributed by atoms with Gasteiger partial charge in [0.05, 0.1) is 37.3 Å². The van der Waals surface area contributed by atoms with Gasteiger partial charge >= 0.3 is 0 Å². The standard InChI is InChI=1S/C16H18N6O5/c17-14-11-15(19-6-18-14)22(7-20-11)3-10-13(24)12(23)9(5-27-10)21-16(25)8-1-2-26-4-8/h1-2,4,6-7,9-10,12-13,23-24H,3,5H2,(H,21,25)(H2,17,18,19)/t9-,10-,12+,13-/m1/s1. The van der Waals surface area contributed by atoms with Crippen molar-refractivity contribution in [2.45, 2.75) is 30.9 Å². The summed E-state index contributed by atoms with van der Waals surface area (Å²) in [5, 5.41) is 23.5. The Morgan fingerprint density at radius 2 is 2.19 bits per heavy atom.